The number of hydrogen-bond acceptors (Lipinski definition) is 6. The van der Waals surface area contributed by atoms with Crippen molar-refractivity contribution in [3.05, 3.63) is 83.9 Å². The summed E-state index contributed by atoms with van der Waals surface area (Å²) in [6.07, 6.45) is 4.30. The maximum atomic E-state index is 14.3. The second-order valence-corrected chi connectivity index (χ2v) is 12.6. The third kappa shape index (κ3) is 7.67. The summed E-state index contributed by atoms with van der Waals surface area (Å²) < 4.78 is 40.4. The van der Waals surface area contributed by atoms with Gasteiger partial charge in [0.1, 0.15) is 24.1 Å². The number of amides is 2. The van der Waals surface area contributed by atoms with Gasteiger partial charge in [0.15, 0.2) is 0 Å². The van der Waals surface area contributed by atoms with Crippen LogP contribution in [-0.2, 0) is 26.2 Å². The molecule has 0 aromatic heterocycles. The largest absolute Gasteiger partial charge is 0.497 e. The highest BCUT2D eigenvalue weighted by atomic mass is 32.2. The number of ether oxygens (including phenoxy) is 2. The summed E-state index contributed by atoms with van der Waals surface area (Å²) in [5, 5.41) is 3.13. The molecule has 4 rings (SSSR count). The van der Waals surface area contributed by atoms with E-state index in [9.17, 15) is 18.0 Å². The minimum absolute atomic E-state index is 0.0244. The van der Waals surface area contributed by atoms with Gasteiger partial charge in [0.25, 0.3) is 10.0 Å². The van der Waals surface area contributed by atoms with Gasteiger partial charge < -0.3 is 19.7 Å². The molecular weight excluding hydrogens is 566 g/mol. The molecule has 10 heteroatoms. The standard InChI is InChI=1S/C33H41N3O6S/c1-5-29(33(38)34-26-13-9-10-14-26)35(22-25-11-7-6-8-12-25)32(37)23-36(30-21-27(41-3)17-20-31(30)42-4)43(39,40)28-18-15-24(2)16-19-28/h6-8,11-12,15-21,26,29H,5,9-10,13-14,22-23H2,1-4H3,(H,34,38)/t29-/m1/s1. The molecule has 3 aromatic rings. The Labute approximate surface area is 254 Å². The molecule has 1 aliphatic carbocycles. The van der Waals surface area contributed by atoms with E-state index in [-0.39, 0.29) is 34.8 Å². The van der Waals surface area contributed by atoms with Crippen LogP contribution in [0, 0.1) is 6.92 Å². The maximum absolute atomic E-state index is 14.3. The van der Waals surface area contributed by atoms with Gasteiger partial charge in [-0.15, -0.1) is 0 Å². The molecule has 0 heterocycles. The average molecular weight is 608 g/mol. The van der Waals surface area contributed by atoms with Crippen LogP contribution in [-0.4, -0.2) is 58.0 Å². The number of carbonyl (C=O) groups is 2. The van der Waals surface area contributed by atoms with Gasteiger partial charge in [-0.3, -0.25) is 13.9 Å². The van der Waals surface area contributed by atoms with E-state index < -0.39 is 28.5 Å². The monoisotopic (exact) mass is 607 g/mol. The molecule has 1 fully saturated rings. The highest BCUT2D eigenvalue weighted by Gasteiger charge is 2.35. The van der Waals surface area contributed by atoms with Crippen LogP contribution in [0.2, 0.25) is 0 Å². The molecule has 1 aliphatic rings. The number of carbonyl (C=O) groups excluding carboxylic acids is 2. The van der Waals surface area contributed by atoms with Gasteiger partial charge in [0.05, 0.1) is 24.8 Å². The Morgan fingerprint density at radius 1 is 0.953 bits per heavy atom. The van der Waals surface area contributed by atoms with E-state index in [0.29, 0.717) is 12.2 Å². The lowest BCUT2D eigenvalue weighted by atomic mass is 10.1. The molecule has 230 valence electrons. The van der Waals surface area contributed by atoms with Gasteiger partial charge in [-0.25, -0.2) is 8.42 Å². The second-order valence-electron chi connectivity index (χ2n) is 10.8. The third-order valence-corrected chi connectivity index (χ3v) is 9.60. The molecule has 1 N–H and O–H groups in total. The number of nitrogens with one attached hydrogen (secondary N) is 1. The van der Waals surface area contributed by atoms with E-state index in [1.807, 2.05) is 44.2 Å². The molecule has 0 bridgehead atoms. The van der Waals surface area contributed by atoms with Gasteiger partial charge in [-0.2, -0.15) is 0 Å². The molecule has 1 saturated carbocycles. The Morgan fingerprint density at radius 2 is 1.63 bits per heavy atom. The second kappa shape index (κ2) is 14.4. The number of rotatable bonds is 13. The van der Waals surface area contributed by atoms with Crippen LogP contribution in [0.25, 0.3) is 0 Å². The normalized spacial score (nSPS) is 14.1. The van der Waals surface area contributed by atoms with Crippen LogP contribution in [0.4, 0.5) is 5.69 Å². The molecule has 0 radical (unpaired) electrons. The smallest absolute Gasteiger partial charge is 0.264 e. The quantitative estimate of drug-likeness (QED) is 0.291. The Balaban J connectivity index is 1.77. The van der Waals surface area contributed by atoms with E-state index in [4.69, 9.17) is 9.47 Å². The Morgan fingerprint density at radius 3 is 2.23 bits per heavy atom. The van der Waals surface area contributed by atoms with Crippen molar-refractivity contribution in [2.45, 2.75) is 69.5 Å². The summed E-state index contributed by atoms with van der Waals surface area (Å²) in [5.41, 5.74) is 1.88. The molecule has 0 unspecified atom stereocenters. The van der Waals surface area contributed by atoms with Crippen molar-refractivity contribution in [1.29, 1.82) is 0 Å². The van der Waals surface area contributed by atoms with Gasteiger partial charge >= 0.3 is 0 Å². The van der Waals surface area contributed by atoms with Crippen molar-refractivity contribution in [2.24, 2.45) is 0 Å². The summed E-state index contributed by atoms with van der Waals surface area (Å²) in [7, 11) is -1.34. The zero-order valence-corrected chi connectivity index (χ0v) is 26.1. The van der Waals surface area contributed by atoms with Crippen molar-refractivity contribution in [3.8, 4) is 11.5 Å². The molecule has 0 aliphatic heterocycles. The van der Waals surface area contributed by atoms with Crippen LogP contribution in [0.15, 0.2) is 77.7 Å². The van der Waals surface area contributed by atoms with Crippen molar-refractivity contribution in [2.75, 3.05) is 25.1 Å². The maximum Gasteiger partial charge on any atom is 0.264 e. The average Bonchev–Trinajstić information content (AvgIpc) is 3.53. The number of sulfonamides is 1. The fourth-order valence-electron chi connectivity index (χ4n) is 5.41. The van der Waals surface area contributed by atoms with Crippen molar-refractivity contribution >= 4 is 27.5 Å². The van der Waals surface area contributed by atoms with Crippen molar-refractivity contribution in [3.63, 3.8) is 0 Å². The van der Waals surface area contributed by atoms with Crippen LogP contribution >= 0.6 is 0 Å². The van der Waals surface area contributed by atoms with Crippen LogP contribution in [0.1, 0.15) is 50.2 Å². The van der Waals surface area contributed by atoms with Crippen molar-refractivity contribution in [1.82, 2.24) is 10.2 Å². The molecule has 43 heavy (non-hydrogen) atoms. The Bertz CT molecular complexity index is 1490. The van der Waals surface area contributed by atoms with Gasteiger partial charge in [0, 0.05) is 18.7 Å². The first kappa shape index (κ1) is 31.9. The molecule has 0 saturated heterocycles. The molecule has 1 atom stereocenters. The molecule has 0 spiro atoms. The first-order valence-corrected chi connectivity index (χ1v) is 16.1. The lowest BCUT2D eigenvalue weighted by Gasteiger charge is -2.34. The van der Waals surface area contributed by atoms with E-state index >= 15 is 0 Å². The number of methoxy groups -OCH3 is 2. The minimum Gasteiger partial charge on any atom is -0.497 e. The summed E-state index contributed by atoms with van der Waals surface area (Å²) in [6, 6.07) is 19.9. The topological polar surface area (TPSA) is 105 Å². The number of anilines is 1. The lowest BCUT2D eigenvalue weighted by Crippen LogP contribution is -2.53. The number of aryl methyl sites for hydroxylation is 1. The van der Waals surface area contributed by atoms with Gasteiger partial charge in [-0.05, 0) is 56.0 Å². The van der Waals surface area contributed by atoms with E-state index in [1.54, 1.807) is 24.3 Å². The fourth-order valence-corrected chi connectivity index (χ4v) is 6.83. The zero-order chi connectivity index (χ0) is 31.0. The zero-order valence-electron chi connectivity index (χ0n) is 25.3. The summed E-state index contributed by atoms with van der Waals surface area (Å²) in [6.45, 7) is 3.31. The molecule has 9 nitrogen and oxygen atoms in total. The third-order valence-electron chi connectivity index (χ3n) is 7.83. The van der Waals surface area contributed by atoms with Gasteiger partial charge in [-0.1, -0.05) is 67.8 Å². The van der Waals surface area contributed by atoms with Crippen molar-refractivity contribution < 1.29 is 27.5 Å². The Hall–Kier alpha value is -4.05. The van der Waals surface area contributed by atoms with Gasteiger partial charge in [0.2, 0.25) is 11.8 Å². The lowest BCUT2D eigenvalue weighted by molar-refractivity contribution is -0.140. The van der Waals surface area contributed by atoms with E-state index in [1.165, 1.54) is 37.3 Å². The summed E-state index contributed by atoms with van der Waals surface area (Å²) >= 11 is 0. The first-order valence-electron chi connectivity index (χ1n) is 14.6. The fraction of sp³-hybridized carbons (Fsp3) is 0.394. The predicted molar refractivity (Wildman–Crippen MR) is 167 cm³/mol. The minimum atomic E-state index is -4.25. The number of hydrogen-bond donors (Lipinski definition) is 1. The number of benzene rings is 3. The Kier molecular flexibility index (Phi) is 10.7. The molecule has 3 aromatic carbocycles. The van der Waals surface area contributed by atoms with Crippen LogP contribution in [0.3, 0.4) is 0 Å². The van der Waals surface area contributed by atoms with E-state index in [0.717, 1.165) is 41.1 Å². The molecule has 2 amide bonds. The van der Waals surface area contributed by atoms with Crippen LogP contribution in [0.5, 0.6) is 11.5 Å². The molecular formula is C33H41N3O6S. The first-order chi connectivity index (χ1) is 20.7. The number of nitrogens with zero attached hydrogens (tertiary/aromatic N) is 2. The summed E-state index contributed by atoms with van der Waals surface area (Å²) in [4.78, 5) is 29.4. The predicted octanol–water partition coefficient (Wildman–Crippen LogP) is 5.07. The highest BCUT2D eigenvalue weighted by molar-refractivity contribution is 7.92. The summed E-state index contributed by atoms with van der Waals surface area (Å²) in [5.74, 6) is -0.0933. The SMILES string of the molecule is CC[C@H](C(=O)NC1CCCC1)N(Cc1ccccc1)C(=O)CN(c1cc(OC)ccc1OC)S(=O)(=O)c1ccc(C)cc1. The highest BCUT2D eigenvalue weighted by Crippen LogP contribution is 2.36. The van der Waals surface area contributed by atoms with Crippen LogP contribution < -0.4 is 19.1 Å². The van der Waals surface area contributed by atoms with E-state index in [2.05, 4.69) is 5.32 Å².